The molecule has 2 rings (SSSR count). The second-order valence-electron chi connectivity index (χ2n) is 4.74. The Kier molecular flexibility index (Phi) is 2.73. The second kappa shape index (κ2) is 4.04. The van der Waals surface area contributed by atoms with Crippen molar-refractivity contribution in [3.05, 3.63) is 24.3 Å². The van der Waals surface area contributed by atoms with Gasteiger partial charge in [-0.3, -0.25) is 0 Å². The molecule has 0 atom stereocenters. The lowest BCUT2D eigenvalue weighted by Crippen LogP contribution is -2.32. The van der Waals surface area contributed by atoms with Gasteiger partial charge in [0.1, 0.15) is 0 Å². The van der Waals surface area contributed by atoms with E-state index in [-0.39, 0.29) is 6.03 Å². The zero-order chi connectivity index (χ0) is 11.6. The molecule has 16 heavy (non-hydrogen) atoms. The molecule has 0 bridgehead atoms. The first-order valence-electron chi connectivity index (χ1n) is 5.48. The van der Waals surface area contributed by atoms with Crippen molar-refractivity contribution in [2.75, 3.05) is 17.6 Å². The van der Waals surface area contributed by atoms with E-state index in [1.54, 1.807) is 24.3 Å². The van der Waals surface area contributed by atoms with E-state index >= 15 is 0 Å². The molecular weight excluding hydrogens is 202 g/mol. The third-order valence-corrected chi connectivity index (χ3v) is 2.95. The van der Waals surface area contributed by atoms with E-state index in [2.05, 4.69) is 17.6 Å². The van der Waals surface area contributed by atoms with Crippen molar-refractivity contribution in [2.24, 2.45) is 5.41 Å². The van der Waals surface area contributed by atoms with Crippen LogP contribution >= 0.6 is 0 Å². The minimum Gasteiger partial charge on any atom is -0.399 e. The number of nitrogens with two attached hydrogens (primary N) is 1. The van der Waals surface area contributed by atoms with Crippen LogP contribution in [0.2, 0.25) is 0 Å². The molecule has 4 nitrogen and oxygen atoms in total. The molecule has 1 aromatic carbocycles. The zero-order valence-corrected chi connectivity index (χ0v) is 9.42. The van der Waals surface area contributed by atoms with Gasteiger partial charge in [0.15, 0.2) is 0 Å². The maximum atomic E-state index is 11.5. The average molecular weight is 219 g/mol. The second-order valence-corrected chi connectivity index (χ2v) is 4.74. The molecular formula is C12H17N3O. The van der Waals surface area contributed by atoms with Crippen molar-refractivity contribution in [1.29, 1.82) is 0 Å². The molecule has 0 saturated heterocycles. The molecule has 0 radical (unpaired) electrons. The van der Waals surface area contributed by atoms with Crippen LogP contribution in [0.5, 0.6) is 0 Å². The van der Waals surface area contributed by atoms with E-state index < -0.39 is 0 Å². The molecule has 4 heteroatoms. The van der Waals surface area contributed by atoms with Gasteiger partial charge in [0.05, 0.1) is 0 Å². The topological polar surface area (TPSA) is 67.2 Å². The smallest absolute Gasteiger partial charge is 0.319 e. The predicted octanol–water partition coefficient (Wildman–Crippen LogP) is 2.19. The lowest BCUT2D eigenvalue weighted by atomic mass is 10.1. The van der Waals surface area contributed by atoms with Gasteiger partial charge >= 0.3 is 6.03 Å². The van der Waals surface area contributed by atoms with Crippen molar-refractivity contribution >= 4 is 17.4 Å². The fourth-order valence-corrected chi connectivity index (χ4v) is 1.43. The highest BCUT2D eigenvalue weighted by Crippen LogP contribution is 2.43. The van der Waals surface area contributed by atoms with E-state index in [4.69, 9.17) is 5.73 Å². The first kappa shape index (κ1) is 10.8. The van der Waals surface area contributed by atoms with Crippen molar-refractivity contribution in [3.63, 3.8) is 0 Å². The Hall–Kier alpha value is -1.71. The molecule has 0 aromatic heterocycles. The number of urea groups is 1. The van der Waals surface area contributed by atoms with Crippen LogP contribution in [0.25, 0.3) is 0 Å². The SMILES string of the molecule is CC1(CNC(=O)Nc2ccc(N)cc2)CC1. The van der Waals surface area contributed by atoms with Gasteiger partial charge in [0.25, 0.3) is 0 Å². The molecule has 2 amide bonds. The number of benzene rings is 1. The number of carbonyl (C=O) groups is 1. The number of carbonyl (C=O) groups excluding carboxylic acids is 1. The summed E-state index contributed by atoms with van der Waals surface area (Å²) in [4.78, 5) is 11.5. The van der Waals surface area contributed by atoms with Crippen molar-refractivity contribution in [1.82, 2.24) is 5.32 Å². The number of rotatable bonds is 3. The van der Waals surface area contributed by atoms with Gasteiger partial charge in [0.2, 0.25) is 0 Å². The highest BCUT2D eigenvalue weighted by molar-refractivity contribution is 5.89. The van der Waals surface area contributed by atoms with Crippen molar-refractivity contribution in [3.8, 4) is 0 Å². The Bertz CT molecular complexity index is 382. The number of amides is 2. The summed E-state index contributed by atoms with van der Waals surface area (Å²) in [6.07, 6.45) is 2.41. The summed E-state index contributed by atoms with van der Waals surface area (Å²) in [6, 6.07) is 6.94. The van der Waals surface area contributed by atoms with Gasteiger partial charge in [-0.1, -0.05) is 6.92 Å². The Balaban J connectivity index is 1.80. The molecule has 0 heterocycles. The van der Waals surface area contributed by atoms with Crippen LogP contribution in [0.4, 0.5) is 16.2 Å². The molecule has 86 valence electrons. The van der Waals surface area contributed by atoms with Gasteiger partial charge in [-0.25, -0.2) is 4.79 Å². The fraction of sp³-hybridized carbons (Fsp3) is 0.417. The summed E-state index contributed by atoms with van der Waals surface area (Å²) in [5, 5.41) is 5.63. The summed E-state index contributed by atoms with van der Waals surface area (Å²) >= 11 is 0. The highest BCUT2D eigenvalue weighted by atomic mass is 16.2. The van der Waals surface area contributed by atoms with E-state index in [0.29, 0.717) is 11.1 Å². The molecule has 0 spiro atoms. The zero-order valence-electron chi connectivity index (χ0n) is 9.42. The van der Waals surface area contributed by atoms with Gasteiger partial charge < -0.3 is 16.4 Å². The Labute approximate surface area is 95.2 Å². The van der Waals surface area contributed by atoms with Gasteiger partial charge in [0, 0.05) is 17.9 Å². The van der Waals surface area contributed by atoms with E-state index in [1.165, 1.54) is 12.8 Å². The minimum absolute atomic E-state index is 0.155. The molecule has 1 aliphatic rings. The summed E-state index contributed by atoms with van der Waals surface area (Å²) in [5.74, 6) is 0. The van der Waals surface area contributed by atoms with Gasteiger partial charge in [-0.15, -0.1) is 0 Å². The van der Waals surface area contributed by atoms with Crippen LogP contribution in [0.1, 0.15) is 19.8 Å². The largest absolute Gasteiger partial charge is 0.399 e. The van der Waals surface area contributed by atoms with Crippen molar-refractivity contribution < 1.29 is 4.79 Å². The average Bonchev–Trinajstić information content (AvgIpc) is 2.98. The third kappa shape index (κ3) is 2.89. The summed E-state index contributed by atoms with van der Waals surface area (Å²) < 4.78 is 0. The normalized spacial score (nSPS) is 16.6. The van der Waals surface area contributed by atoms with Crippen LogP contribution in [0.3, 0.4) is 0 Å². The maximum absolute atomic E-state index is 11.5. The minimum atomic E-state index is -0.155. The lowest BCUT2D eigenvalue weighted by Gasteiger charge is -2.11. The van der Waals surface area contributed by atoms with E-state index in [9.17, 15) is 4.79 Å². The first-order valence-corrected chi connectivity index (χ1v) is 5.48. The quantitative estimate of drug-likeness (QED) is 0.682. The number of anilines is 2. The number of hydrogen-bond donors (Lipinski definition) is 3. The van der Waals surface area contributed by atoms with Crippen LogP contribution < -0.4 is 16.4 Å². The molecule has 4 N–H and O–H groups in total. The van der Waals surface area contributed by atoms with Crippen molar-refractivity contribution in [2.45, 2.75) is 19.8 Å². The monoisotopic (exact) mass is 219 g/mol. The van der Waals surface area contributed by atoms with E-state index in [1.807, 2.05) is 0 Å². The van der Waals surface area contributed by atoms with Crippen LogP contribution in [0, 0.1) is 5.41 Å². The number of hydrogen-bond acceptors (Lipinski definition) is 2. The van der Waals surface area contributed by atoms with Gasteiger partial charge in [-0.05, 0) is 42.5 Å². The number of nitrogen functional groups attached to an aromatic ring is 1. The lowest BCUT2D eigenvalue weighted by molar-refractivity contribution is 0.250. The molecule has 1 aromatic rings. The van der Waals surface area contributed by atoms with Crippen LogP contribution in [-0.2, 0) is 0 Å². The van der Waals surface area contributed by atoms with E-state index in [0.717, 1.165) is 12.2 Å². The summed E-state index contributed by atoms with van der Waals surface area (Å²) in [7, 11) is 0. The van der Waals surface area contributed by atoms with Crippen LogP contribution in [0.15, 0.2) is 24.3 Å². The predicted molar refractivity (Wildman–Crippen MR) is 65.2 cm³/mol. The molecule has 0 unspecified atom stereocenters. The molecule has 1 aliphatic carbocycles. The van der Waals surface area contributed by atoms with Gasteiger partial charge in [-0.2, -0.15) is 0 Å². The summed E-state index contributed by atoms with van der Waals surface area (Å²) in [5.41, 5.74) is 7.33. The molecule has 1 fully saturated rings. The first-order chi connectivity index (χ1) is 7.57. The maximum Gasteiger partial charge on any atom is 0.319 e. The third-order valence-electron chi connectivity index (χ3n) is 2.95. The molecule has 0 aliphatic heterocycles. The Morgan fingerprint density at radius 3 is 2.56 bits per heavy atom. The Morgan fingerprint density at radius 1 is 1.38 bits per heavy atom. The fourth-order valence-electron chi connectivity index (χ4n) is 1.43. The number of nitrogens with one attached hydrogen (secondary N) is 2. The Morgan fingerprint density at radius 2 is 2.00 bits per heavy atom. The molecule has 1 saturated carbocycles. The summed E-state index contributed by atoms with van der Waals surface area (Å²) in [6.45, 7) is 2.92. The standard InChI is InChI=1S/C12H17N3O/c1-12(6-7-12)8-14-11(16)15-10-4-2-9(13)3-5-10/h2-5H,6-8,13H2,1H3,(H2,14,15,16). The van der Waals surface area contributed by atoms with Crippen LogP contribution in [-0.4, -0.2) is 12.6 Å². The highest BCUT2D eigenvalue weighted by Gasteiger charge is 2.37.